The number of anilines is 1. The second-order valence-corrected chi connectivity index (χ2v) is 6.41. The van der Waals surface area contributed by atoms with Crippen LogP contribution in [-0.4, -0.2) is 29.5 Å². The van der Waals surface area contributed by atoms with Crippen molar-refractivity contribution in [2.24, 2.45) is 0 Å². The van der Waals surface area contributed by atoms with E-state index >= 15 is 0 Å². The number of ether oxygens (including phenoxy) is 1. The number of rotatable bonds is 6. The molecule has 1 atom stereocenters. The van der Waals surface area contributed by atoms with Crippen molar-refractivity contribution in [2.75, 3.05) is 17.7 Å². The van der Waals surface area contributed by atoms with E-state index in [1.54, 1.807) is 13.8 Å². The molecule has 1 aliphatic rings. The van der Waals surface area contributed by atoms with Crippen molar-refractivity contribution in [1.29, 1.82) is 0 Å². The monoisotopic (exact) mass is 307 g/mol. The number of thioether (sulfide) groups is 1. The third kappa shape index (κ3) is 4.49. The topological polar surface area (TPSA) is 55.4 Å². The molecule has 0 aromatic heterocycles. The predicted octanol–water partition coefficient (Wildman–Crippen LogP) is 2.80. The minimum Gasteiger partial charge on any atom is -0.465 e. The van der Waals surface area contributed by atoms with E-state index in [4.69, 9.17) is 4.74 Å². The van der Waals surface area contributed by atoms with Gasteiger partial charge in [0, 0.05) is 5.69 Å². The van der Waals surface area contributed by atoms with Crippen LogP contribution in [-0.2, 0) is 27.2 Å². The molecular weight excluding hydrogens is 286 g/mol. The molecule has 0 aliphatic heterocycles. The molecule has 1 amide bonds. The second-order valence-electron chi connectivity index (χ2n) is 5.08. The van der Waals surface area contributed by atoms with Crippen molar-refractivity contribution < 1.29 is 14.3 Å². The van der Waals surface area contributed by atoms with Gasteiger partial charge >= 0.3 is 5.97 Å². The van der Waals surface area contributed by atoms with Crippen LogP contribution in [0.4, 0.5) is 5.69 Å². The summed E-state index contributed by atoms with van der Waals surface area (Å²) in [6.45, 7) is 3.94. The first-order chi connectivity index (χ1) is 10.1. The summed E-state index contributed by atoms with van der Waals surface area (Å²) < 4.78 is 4.85. The van der Waals surface area contributed by atoms with Gasteiger partial charge < -0.3 is 10.1 Å². The smallest absolute Gasteiger partial charge is 0.315 e. The summed E-state index contributed by atoms with van der Waals surface area (Å²) in [7, 11) is 0. The average molecular weight is 307 g/mol. The Balaban J connectivity index is 1.84. The van der Waals surface area contributed by atoms with Gasteiger partial charge in [-0.05, 0) is 56.4 Å². The Morgan fingerprint density at radius 3 is 2.86 bits per heavy atom. The molecule has 0 radical (unpaired) electrons. The highest BCUT2D eigenvalue weighted by Gasteiger charge is 2.17. The number of aryl methyl sites for hydroxylation is 2. The summed E-state index contributed by atoms with van der Waals surface area (Å²) in [5, 5.41) is 2.63. The van der Waals surface area contributed by atoms with Crippen LogP contribution in [0.25, 0.3) is 0 Å². The highest BCUT2D eigenvalue weighted by molar-refractivity contribution is 8.01. The number of nitrogens with one attached hydrogen (secondary N) is 1. The molecule has 4 nitrogen and oxygen atoms in total. The van der Waals surface area contributed by atoms with Crippen LogP contribution in [0, 0.1) is 0 Å². The fourth-order valence-electron chi connectivity index (χ4n) is 2.36. The highest BCUT2D eigenvalue weighted by atomic mass is 32.2. The summed E-state index contributed by atoms with van der Waals surface area (Å²) in [5.41, 5.74) is 3.56. The van der Waals surface area contributed by atoms with E-state index in [-0.39, 0.29) is 22.9 Å². The first-order valence-electron chi connectivity index (χ1n) is 7.30. The molecule has 0 unspecified atom stereocenters. The molecule has 1 aromatic carbocycles. The Hall–Kier alpha value is -1.49. The van der Waals surface area contributed by atoms with Crippen LogP contribution in [0.15, 0.2) is 18.2 Å². The van der Waals surface area contributed by atoms with E-state index in [0.29, 0.717) is 6.61 Å². The fraction of sp³-hybridized carbons (Fsp3) is 0.500. The van der Waals surface area contributed by atoms with Crippen molar-refractivity contribution in [3.8, 4) is 0 Å². The van der Waals surface area contributed by atoms with Crippen molar-refractivity contribution in [3.05, 3.63) is 29.3 Å². The lowest BCUT2D eigenvalue weighted by atomic mass is 10.1. The van der Waals surface area contributed by atoms with Crippen LogP contribution in [0.3, 0.4) is 0 Å². The Bertz CT molecular complexity index is 530. The van der Waals surface area contributed by atoms with Crippen LogP contribution in [0.2, 0.25) is 0 Å². The Kier molecular flexibility index (Phi) is 5.67. The van der Waals surface area contributed by atoms with Gasteiger partial charge in [-0.2, -0.15) is 0 Å². The van der Waals surface area contributed by atoms with E-state index in [1.807, 2.05) is 6.07 Å². The summed E-state index contributed by atoms with van der Waals surface area (Å²) in [4.78, 5) is 23.4. The van der Waals surface area contributed by atoms with Crippen molar-refractivity contribution in [3.63, 3.8) is 0 Å². The molecule has 0 saturated carbocycles. The lowest BCUT2D eigenvalue weighted by molar-refractivity contribution is -0.139. The maximum absolute atomic E-state index is 12.1. The third-order valence-corrected chi connectivity index (χ3v) is 4.61. The molecule has 1 aliphatic carbocycles. The second kappa shape index (κ2) is 7.50. The van der Waals surface area contributed by atoms with Crippen LogP contribution in [0.5, 0.6) is 0 Å². The van der Waals surface area contributed by atoms with Crippen LogP contribution >= 0.6 is 11.8 Å². The maximum Gasteiger partial charge on any atom is 0.315 e. The largest absolute Gasteiger partial charge is 0.465 e. The predicted molar refractivity (Wildman–Crippen MR) is 85.6 cm³/mol. The molecule has 5 heteroatoms. The summed E-state index contributed by atoms with van der Waals surface area (Å²) in [6, 6.07) is 6.10. The Labute approximate surface area is 129 Å². The molecule has 0 fully saturated rings. The van der Waals surface area contributed by atoms with Gasteiger partial charge in [0.25, 0.3) is 0 Å². The first kappa shape index (κ1) is 15.9. The van der Waals surface area contributed by atoms with E-state index in [2.05, 4.69) is 17.4 Å². The Morgan fingerprint density at radius 1 is 1.33 bits per heavy atom. The molecule has 0 heterocycles. The molecule has 0 spiro atoms. The number of benzene rings is 1. The van der Waals surface area contributed by atoms with Crippen molar-refractivity contribution in [2.45, 2.75) is 38.4 Å². The Morgan fingerprint density at radius 2 is 2.10 bits per heavy atom. The zero-order chi connectivity index (χ0) is 15.2. The normalized spacial score (nSPS) is 14.4. The molecule has 1 aromatic rings. The summed E-state index contributed by atoms with van der Waals surface area (Å²) >= 11 is 1.29. The number of amides is 1. The third-order valence-electron chi connectivity index (χ3n) is 3.49. The van der Waals surface area contributed by atoms with Gasteiger partial charge in [0.05, 0.1) is 17.6 Å². The van der Waals surface area contributed by atoms with Crippen LogP contribution < -0.4 is 5.32 Å². The molecule has 21 heavy (non-hydrogen) atoms. The van der Waals surface area contributed by atoms with Gasteiger partial charge in [-0.15, -0.1) is 11.8 Å². The van der Waals surface area contributed by atoms with Crippen LogP contribution in [0.1, 0.15) is 31.4 Å². The van der Waals surface area contributed by atoms with Gasteiger partial charge in [-0.25, -0.2) is 0 Å². The molecule has 2 rings (SSSR count). The van der Waals surface area contributed by atoms with Gasteiger partial charge in [-0.3, -0.25) is 9.59 Å². The van der Waals surface area contributed by atoms with E-state index < -0.39 is 0 Å². The van der Waals surface area contributed by atoms with Crippen molar-refractivity contribution >= 4 is 29.3 Å². The summed E-state index contributed by atoms with van der Waals surface area (Å²) in [5.74, 6) is -0.158. The van der Waals surface area contributed by atoms with Gasteiger partial charge in [0.1, 0.15) is 0 Å². The van der Waals surface area contributed by atoms with Gasteiger partial charge in [0.15, 0.2) is 0 Å². The number of carbonyl (C=O) groups is 2. The highest BCUT2D eigenvalue weighted by Crippen LogP contribution is 2.25. The zero-order valence-electron chi connectivity index (χ0n) is 12.5. The van der Waals surface area contributed by atoms with E-state index in [9.17, 15) is 9.59 Å². The number of hydrogen-bond acceptors (Lipinski definition) is 4. The van der Waals surface area contributed by atoms with E-state index in [1.165, 1.54) is 29.3 Å². The van der Waals surface area contributed by atoms with Gasteiger partial charge in [0.2, 0.25) is 5.91 Å². The number of carbonyl (C=O) groups excluding carboxylic acids is 2. The number of fused-ring (bicyclic) bond motifs is 1. The number of esters is 1. The lowest BCUT2D eigenvalue weighted by Crippen LogP contribution is -2.24. The molecule has 0 bridgehead atoms. The molecule has 0 saturated heterocycles. The fourth-order valence-corrected chi connectivity index (χ4v) is 3.04. The van der Waals surface area contributed by atoms with E-state index in [0.717, 1.165) is 18.5 Å². The summed E-state index contributed by atoms with van der Waals surface area (Å²) in [6.07, 6.45) is 3.42. The number of hydrogen-bond donors (Lipinski definition) is 1. The maximum atomic E-state index is 12.1. The molecular formula is C16H21NO3S. The first-order valence-corrected chi connectivity index (χ1v) is 8.35. The minimum absolute atomic E-state index is 0.0813. The standard InChI is InChI=1S/C16H21NO3S/c1-3-20-15(18)10-21-11(2)16(19)17-14-8-7-12-5-4-6-13(12)9-14/h7-9,11H,3-6,10H2,1-2H3,(H,17,19)/t11-/m0/s1. The molecule has 114 valence electrons. The quantitative estimate of drug-likeness (QED) is 0.821. The zero-order valence-corrected chi connectivity index (χ0v) is 13.3. The average Bonchev–Trinajstić information content (AvgIpc) is 2.92. The molecule has 1 N–H and O–H groups in total. The van der Waals surface area contributed by atoms with Crippen molar-refractivity contribution in [1.82, 2.24) is 0 Å². The lowest BCUT2D eigenvalue weighted by Gasteiger charge is -2.12. The SMILES string of the molecule is CCOC(=O)CS[C@@H](C)C(=O)Nc1ccc2c(c1)CCC2. The van der Waals surface area contributed by atoms with Gasteiger partial charge in [-0.1, -0.05) is 6.07 Å². The minimum atomic E-state index is -0.289.